The maximum absolute atomic E-state index is 11.0. The Bertz CT molecular complexity index is 677. The maximum atomic E-state index is 11.0. The first kappa shape index (κ1) is 15.5. The predicted molar refractivity (Wildman–Crippen MR) is 86.4 cm³/mol. The van der Waals surface area contributed by atoms with Gasteiger partial charge >= 0.3 is 0 Å². The van der Waals surface area contributed by atoms with Gasteiger partial charge in [0.2, 0.25) is 10.0 Å². The number of aryl methyl sites for hydroxylation is 1. The summed E-state index contributed by atoms with van der Waals surface area (Å²) in [6.07, 6.45) is 1.04. The molecule has 0 saturated heterocycles. The van der Waals surface area contributed by atoms with Crippen molar-refractivity contribution in [3.05, 3.63) is 65.2 Å². The van der Waals surface area contributed by atoms with Crippen LogP contribution in [-0.2, 0) is 28.7 Å². The summed E-state index contributed by atoms with van der Waals surface area (Å²) in [5.74, 6) is -0.133. The number of hydrogen-bond donors (Lipinski definition) is 2. The van der Waals surface area contributed by atoms with Crippen LogP contribution >= 0.6 is 0 Å². The molecule has 5 heteroatoms. The number of nitrogens with two attached hydrogens (primary N) is 1. The van der Waals surface area contributed by atoms with Crippen molar-refractivity contribution in [2.45, 2.75) is 25.6 Å². The van der Waals surface area contributed by atoms with E-state index in [0.29, 0.717) is 5.56 Å². The van der Waals surface area contributed by atoms with Gasteiger partial charge in [0.1, 0.15) is 0 Å². The van der Waals surface area contributed by atoms with Crippen molar-refractivity contribution in [2.24, 2.45) is 5.14 Å². The fourth-order valence-electron chi connectivity index (χ4n) is 2.05. The van der Waals surface area contributed by atoms with E-state index in [1.54, 1.807) is 12.1 Å². The van der Waals surface area contributed by atoms with Crippen LogP contribution in [0.15, 0.2) is 48.5 Å². The topological polar surface area (TPSA) is 72.2 Å². The van der Waals surface area contributed by atoms with Crippen LogP contribution in [0.1, 0.15) is 23.6 Å². The smallest absolute Gasteiger partial charge is 0.213 e. The van der Waals surface area contributed by atoms with Gasteiger partial charge in [-0.2, -0.15) is 0 Å². The molecule has 4 nitrogen and oxygen atoms in total. The van der Waals surface area contributed by atoms with Crippen LogP contribution in [0.3, 0.4) is 0 Å². The van der Waals surface area contributed by atoms with Crippen molar-refractivity contribution in [2.75, 3.05) is 5.32 Å². The summed E-state index contributed by atoms with van der Waals surface area (Å²) in [7, 11) is -3.47. The van der Waals surface area contributed by atoms with Gasteiger partial charge in [-0.05, 0) is 35.2 Å². The number of benzene rings is 2. The molecule has 0 heterocycles. The molecule has 0 spiro atoms. The molecule has 0 amide bonds. The van der Waals surface area contributed by atoms with Gasteiger partial charge in [0.05, 0.1) is 5.75 Å². The standard InChI is InChI=1S/C16H20N2O2S/c1-2-13-3-5-14(6-4-13)11-18-16-9-7-15(8-10-16)12-21(17,19)20/h3-10,18H,2,11-12H2,1H3,(H2,17,19,20). The summed E-state index contributed by atoms with van der Waals surface area (Å²) in [6, 6.07) is 15.8. The lowest BCUT2D eigenvalue weighted by Crippen LogP contribution is -2.14. The molecule has 2 aromatic carbocycles. The van der Waals surface area contributed by atoms with Crippen molar-refractivity contribution in [3.63, 3.8) is 0 Å². The average molecular weight is 304 g/mol. The molecular formula is C16H20N2O2S. The summed E-state index contributed by atoms with van der Waals surface area (Å²) < 4.78 is 22.0. The molecule has 0 aliphatic carbocycles. The highest BCUT2D eigenvalue weighted by Crippen LogP contribution is 2.13. The zero-order valence-corrected chi connectivity index (χ0v) is 12.9. The summed E-state index contributed by atoms with van der Waals surface area (Å²) in [5, 5.41) is 8.33. The van der Waals surface area contributed by atoms with Gasteiger partial charge in [-0.25, -0.2) is 13.6 Å². The molecule has 3 N–H and O–H groups in total. The maximum Gasteiger partial charge on any atom is 0.213 e. The number of anilines is 1. The second-order valence-electron chi connectivity index (χ2n) is 5.03. The van der Waals surface area contributed by atoms with Crippen molar-refractivity contribution < 1.29 is 8.42 Å². The highest BCUT2D eigenvalue weighted by molar-refractivity contribution is 7.88. The SMILES string of the molecule is CCc1ccc(CNc2ccc(CS(N)(=O)=O)cc2)cc1. The van der Waals surface area contributed by atoms with E-state index in [2.05, 4.69) is 36.5 Å². The molecule has 0 aliphatic heterocycles. The molecule has 0 aromatic heterocycles. The molecule has 0 radical (unpaired) electrons. The Morgan fingerprint density at radius 3 is 1.95 bits per heavy atom. The van der Waals surface area contributed by atoms with Crippen LogP contribution in [0.25, 0.3) is 0 Å². The van der Waals surface area contributed by atoms with E-state index in [-0.39, 0.29) is 5.75 Å². The Balaban J connectivity index is 1.94. The number of nitrogens with one attached hydrogen (secondary N) is 1. The van der Waals surface area contributed by atoms with E-state index in [1.165, 1.54) is 11.1 Å². The van der Waals surface area contributed by atoms with Gasteiger partial charge < -0.3 is 5.32 Å². The molecular weight excluding hydrogens is 284 g/mol. The molecule has 2 rings (SSSR count). The molecule has 0 atom stereocenters. The Kier molecular flexibility index (Phi) is 4.98. The van der Waals surface area contributed by atoms with Gasteiger partial charge in [0, 0.05) is 12.2 Å². The number of sulfonamides is 1. The molecule has 0 saturated carbocycles. The van der Waals surface area contributed by atoms with Crippen LogP contribution < -0.4 is 10.5 Å². The molecule has 0 bridgehead atoms. The minimum atomic E-state index is -3.47. The van der Waals surface area contributed by atoms with E-state index in [4.69, 9.17) is 5.14 Å². The molecule has 0 fully saturated rings. The van der Waals surface area contributed by atoms with E-state index in [9.17, 15) is 8.42 Å². The van der Waals surface area contributed by atoms with E-state index in [1.807, 2.05) is 12.1 Å². The Morgan fingerprint density at radius 1 is 0.905 bits per heavy atom. The van der Waals surface area contributed by atoms with Crippen LogP contribution in [0.4, 0.5) is 5.69 Å². The highest BCUT2D eigenvalue weighted by atomic mass is 32.2. The number of hydrogen-bond acceptors (Lipinski definition) is 3. The lowest BCUT2D eigenvalue weighted by atomic mass is 10.1. The number of rotatable bonds is 6. The van der Waals surface area contributed by atoms with Crippen LogP contribution in [0.2, 0.25) is 0 Å². The Labute approximate surface area is 126 Å². The first-order valence-corrected chi connectivity index (χ1v) is 8.59. The van der Waals surface area contributed by atoms with Crippen molar-refractivity contribution in [1.29, 1.82) is 0 Å². The summed E-state index contributed by atoms with van der Waals surface area (Å²) in [4.78, 5) is 0. The molecule has 0 aliphatic rings. The van der Waals surface area contributed by atoms with Crippen LogP contribution in [0.5, 0.6) is 0 Å². The van der Waals surface area contributed by atoms with Gasteiger partial charge in [0.15, 0.2) is 0 Å². The molecule has 0 unspecified atom stereocenters. The van der Waals surface area contributed by atoms with Gasteiger partial charge in [0.25, 0.3) is 0 Å². The lowest BCUT2D eigenvalue weighted by molar-refractivity contribution is 0.597. The van der Waals surface area contributed by atoms with Gasteiger partial charge in [-0.1, -0.05) is 43.3 Å². The zero-order chi connectivity index (χ0) is 15.3. The first-order valence-electron chi connectivity index (χ1n) is 6.87. The minimum absolute atomic E-state index is 0.133. The number of primary sulfonamides is 1. The molecule has 112 valence electrons. The summed E-state index contributed by atoms with van der Waals surface area (Å²) in [5.41, 5.74) is 4.18. The third-order valence-corrected chi connectivity index (χ3v) is 3.99. The zero-order valence-electron chi connectivity index (χ0n) is 12.0. The fraction of sp³-hybridized carbons (Fsp3) is 0.250. The van der Waals surface area contributed by atoms with Gasteiger partial charge in [-0.3, -0.25) is 0 Å². The van der Waals surface area contributed by atoms with Crippen LogP contribution in [-0.4, -0.2) is 8.42 Å². The summed E-state index contributed by atoms with van der Waals surface area (Å²) >= 11 is 0. The monoisotopic (exact) mass is 304 g/mol. The largest absolute Gasteiger partial charge is 0.381 e. The second kappa shape index (κ2) is 6.74. The Hall–Kier alpha value is -1.85. The highest BCUT2D eigenvalue weighted by Gasteiger charge is 2.04. The third-order valence-electron chi connectivity index (χ3n) is 3.25. The fourth-order valence-corrected chi connectivity index (χ4v) is 2.71. The molecule has 21 heavy (non-hydrogen) atoms. The predicted octanol–water partition coefficient (Wildman–Crippen LogP) is 2.65. The minimum Gasteiger partial charge on any atom is -0.381 e. The van der Waals surface area contributed by atoms with Crippen LogP contribution in [0, 0.1) is 0 Å². The van der Waals surface area contributed by atoms with Crippen molar-refractivity contribution in [3.8, 4) is 0 Å². The lowest BCUT2D eigenvalue weighted by Gasteiger charge is -2.08. The molecule has 2 aromatic rings. The van der Waals surface area contributed by atoms with E-state index < -0.39 is 10.0 Å². The normalized spacial score (nSPS) is 11.3. The third kappa shape index (κ3) is 5.21. The van der Waals surface area contributed by atoms with Gasteiger partial charge in [-0.15, -0.1) is 0 Å². The first-order chi connectivity index (χ1) is 9.96. The quantitative estimate of drug-likeness (QED) is 0.861. The van der Waals surface area contributed by atoms with Crippen molar-refractivity contribution >= 4 is 15.7 Å². The van der Waals surface area contributed by atoms with E-state index >= 15 is 0 Å². The summed E-state index contributed by atoms with van der Waals surface area (Å²) in [6.45, 7) is 2.87. The second-order valence-corrected chi connectivity index (χ2v) is 6.64. The Morgan fingerprint density at radius 2 is 1.43 bits per heavy atom. The average Bonchev–Trinajstić information content (AvgIpc) is 2.45. The van der Waals surface area contributed by atoms with Crippen molar-refractivity contribution in [1.82, 2.24) is 0 Å². The van der Waals surface area contributed by atoms with E-state index in [0.717, 1.165) is 18.7 Å².